The van der Waals surface area contributed by atoms with E-state index in [1.165, 1.54) is 21.5 Å². The fourth-order valence-corrected chi connectivity index (χ4v) is 5.75. The number of anilines is 1. The van der Waals surface area contributed by atoms with Crippen LogP contribution in [0.5, 0.6) is 0 Å². The van der Waals surface area contributed by atoms with Gasteiger partial charge in [0.2, 0.25) is 0 Å². The van der Waals surface area contributed by atoms with Crippen LogP contribution >= 0.6 is 11.3 Å². The van der Waals surface area contributed by atoms with Crippen molar-refractivity contribution in [3.8, 4) is 10.6 Å². The van der Waals surface area contributed by atoms with Crippen molar-refractivity contribution in [3.05, 3.63) is 78.2 Å². The molecule has 36 heavy (non-hydrogen) atoms. The highest BCUT2D eigenvalue weighted by molar-refractivity contribution is 7.21. The second kappa shape index (κ2) is 9.22. The molecule has 0 atom stereocenters. The summed E-state index contributed by atoms with van der Waals surface area (Å²) >= 11 is 1.78. The Balaban J connectivity index is 1.17. The van der Waals surface area contributed by atoms with E-state index >= 15 is 0 Å². The highest BCUT2D eigenvalue weighted by Crippen LogP contribution is 2.36. The molecule has 2 aromatic carbocycles. The predicted octanol–water partition coefficient (Wildman–Crippen LogP) is 5.92. The summed E-state index contributed by atoms with van der Waals surface area (Å²) < 4.78 is 1.24. The minimum atomic E-state index is 0.152. The number of benzene rings is 2. The fraction of sp³-hybridized carbons (Fsp3) is 0.310. The summed E-state index contributed by atoms with van der Waals surface area (Å²) in [5.41, 5.74) is 7.55. The third-order valence-corrected chi connectivity index (χ3v) is 7.93. The molecule has 182 valence electrons. The Bertz CT molecular complexity index is 1510. The SMILES string of the molecule is CC(C)(C)c1ccc(-c2nc3c(N4CCN(Cc5cnc6cccnc6n5)CC4)cccc3s2)cc1. The first kappa shape index (κ1) is 23.0. The molecule has 3 aromatic heterocycles. The quantitative estimate of drug-likeness (QED) is 0.309. The maximum atomic E-state index is 5.10. The first-order valence-electron chi connectivity index (χ1n) is 12.5. The lowest BCUT2D eigenvalue weighted by atomic mass is 9.87. The number of rotatable bonds is 4. The van der Waals surface area contributed by atoms with E-state index in [9.17, 15) is 0 Å². The number of thiazole rings is 1. The molecule has 6 rings (SSSR count). The Hall–Kier alpha value is -3.42. The minimum absolute atomic E-state index is 0.152. The minimum Gasteiger partial charge on any atom is -0.367 e. The molecule has 1 aliphatic rings. The van der Waals surface area contributed by atoms with Gasteiger partial charge in [0, 0.05) is 44.5 Å². The highest BCUT2D eigenvalue weighted by Gasteiger charge is 2.21. The fourth-order valence-electron chi connectivity index (χ4n) is 4.76. The molecule has 5 aromatic rings. The Morgan fingerprint density at radius 2 is 1.67 bits per heavy atom. The normalized spacial score (nSPS) is 15.1. The van der Waals surface area contributed by atoms with Crippen molar-refractivity contribution < 1.29 is 0 Å². The van der Waals surface area contributed by atoms with Crippen molar-refractivity contribution in [2.24, 2.45) is 0 Å². The third kappa shape index (κ3) is 4.56. The molecule has 0 saturated carbocycles. The zero-order chi connectivity index (χ0) is 24.7. The van der Waals surface area contributed by atoms with Gasteiger partial charge >= 0.3 is 0 Å². The molecule has 6 nitrogen and oxygen atoms in total. The van der Waals surface area contributed by atoms with Gasteiger partial charge in [-0.05, 0) is 35.2 Å². The second-order valence-electron chi connectivity index (χ2n) is 10.4. The third-order valence-electron chi connectivity index (χ3n) is 6.86. The van der Waals surface area contributed by atoms with Crippen molar-refractivity contribution in [1.29, 1.82) is 0 Å². The summed E-state index contributed by atoms with van der Waals surface area (Å²) in [7, 11) is 0. The average molecular weight is 495 g/mol. The molecule has 1 aliphatic heterocycles. The average Bonchev–Trinajstić information content (AvgIpc) is 3.33. The Kier molecular flexibility index (Phi) is 5.90. The van der Waals surface area contributed by atoms with Crippen LogP contribution in [-0.4, -0.2) is 51.0 Å². The molecule has 0 N–H and O–H groups in total. The van der Waals surface area contributed by atoms with Gasteiger partial charge in [-0.2, -0.15) is 0 Å². The number of piperazine rings is 1. The lowest BCUT2D eigenvalue weighted by Gasteiger charge is -2.36. The lowest BCUT2D eigenvalue weighted by molar-refractivity contribution is 0.247. The largest absolute Gasteiger partial charge is 0.367 e. The number of pyridine rings is 1. The van der Waals surface area contributed by atoms with Crippen molar-refractivity contribution >= 4 is 38.4 Å². The summed E-state index contributed by atoms with van der Waals surface area (Å²) in [5, 5.41) is 1.08. The molecule has 0 bridgehead atoms. The van der Waals surface area contributed by atoms with Gasteiger partial charge in [-0.1, -0.05) is 51.1 Å². The van der Waals surface area contributed by atoms with Gasteiger partial charge < -0.3 is 4.90 Å². The van der Waals surface area contributed by atoms with Crippen molar-refractivity contribution in [1.82, 2.24) is 24.8 Å². The maximum Gasteiger partial charge on any atom is 0.178 e. The van der Waals surface area contributed by atoms with Gasteiger partial charge in [0.25, 0.3) is 0 Å². The summed E-state index contributed by atoms with van der Waals surface area (Å²) in [6.45, 7) is 11.4. The van der Waals surface area contributed by atoms with Crippen LogP contribution in [0, 0.1) is 0 Å². The highest BCUT2D eigenvalue weighted by atomic mass is 32.1. The molecule has 0 amide bonds. The molecule has 4 heterocycles. The first-order chi connectivity index (χ1) is 17.4. The Labute approximate surface area is 215 Å². The van der Waals surface area contributed by atoms with Gasteiger partial charge in [-0.3, -0.25) is 9.88 Å². The van der Waals surface area contributed by atoms with Gasteiger partial charge in [-0.15, -0.1) is 11.3 Å². The Morgan fingerprint density at radius 1 is 0.861 bits per heavy atom. The van der Waals surface area contributed by atoms with Crippen molar-refractivity contribution in [2.75, 3.05) is 31.1 Å². The lowest BCUT2D eigenvalue weighted by Crippen LogP contribution is -2.46. The summed E-state index contributed by atoms with van der Waals surface area (Å²) in [4.78, 5) is 23.6. The first-order valence-corrected chi connectivity index (χ1v) is 13.3. The number of para-hydroxylation sites is 1. The molecule has 0 spiro atoms. The van der Waals surface area contributed by atoms with Crippen molar-refractivity contribution in [3.63, 3.8) is 0 Å². The van der Waals surface area contributed by atoms with Crippen molar-refractivity contribution in [2.45, 2.75) is 32.7 Å². The Morgan fingerprint density at radius 3 is 2.44 bits per heavy atom. The standard InChI is InChI=1S/C29H30N6S/c1-29(2,3)21-11-9-20(10-12-21)28-33-26-24(7-4-8-25(26)36-28)35-16-14-34(15-17-35)19-22-18-31-23-6-5-13-30-27(23)32-22/h4-13,18H,14-17,19H2,1-3H3. The number of hydrogen-bond acceptors (Lipinski definition) is 7. The van der Waals surface area contributed by atoms with Crippen LogP contribution in [0.1, 0.15) is 32.0 Å². The van der Waals surface area contributed by atoms with E-state index in [0.717, 1.165) is 54.5 Å². The molecular formula is C29H30N6S. The molecular weight excluding hydrogens is 464 g/mol. The van der Waals surface area contributed by atoms with E-state index in [4.69, 9.17) is 9.97 Å². The van der Waals surface area contributed by atoms with Crippen LogP contribution in [0.15, 0.2) is 67.0 Å². The van der Waals surface area contributed by atoms with Gasteiger partial charge in [0.1, 0.15) is 16.0 Å². The number of aromatic nitrogens is 4. The van der Waals surface area contributed by atoms with E-state index in [2.05, 4.69) is 83.0 Å². The van der Waals surface area contributed by atoms with E-state index in [-0.39, 0.29) is 5.41 Å². The summed E-state index contributed by atoms with van der Waals surface area (Å²) in [6.07, 6.45) is 3.65. The summed E-state index contributed by atoms with van der Waals surface area (Å²) in [6, 6.07) is 19.3. The zero-order valence-corrected chi connectivity index (χ0v) is 21.8. The molecule has 0 unspecified atom stereocenters. The van der Waals surface area contributed by atoms with Crippen LogP contribution in [-0.2, 0) is 12.0 Å². The zero-order valence-electron chi connectivity index (χ0n) is 21.0. The van der Waals surface area contributed by atoms with Crippen LogP contribution in [0.3, 0.4) is 0 Å². The number of fused-ring (bicyclic) bond motifs is 2. The van der Waals surface area contributed by atoms with Crippen LogP contribution < -0.4 is 4.90 Å². The smallest absolute Gasteiger partial charge is 0.178 e. The molecule has 1 fully saturated rings. The molecule has 0 aliphatic carbocycles. The second-order valence-corrected chi connectivity index (χ2v) is 11.5. The van der Waals surface area contributed by atoms with E-state index in [1.54, 1.807) is 17.5 Å². The molecule has 1 saturated heterocycles. The van der Waals surface area contributed by atoms with Gasteiger partial charge in [-0.25, -0.2) is 15.0 Å². The molecule has 7 heteroatoms. The van der Waals surface area contributed by atoms with Crippen LogP contribution in [0.4, 0.5) is 5.69 Å². The number of nitrogens with zero attached hydrogens (tertiary/aromatic N) is 6. The molecule has 0 radical (unpaired) electrons. The van der Waals surface area contributed by atoms with Gasteiger partial charge in [0.15, 0.2) is 5.65 Å². The number of hydrogen-bond donors (Lipinski definition) is 0. The van der Waals surface area contributed by atoms with Gasteiger partial charge in [0.05, 0.1) is 22.3 Å². The monoisotopic (exact) mass is 494 g/mol. The summed E-state index contributed by atoms with van der Waals surface area (Å²) in [5.74, 6) is 0. The van der Waals surface area contributed by atoms with Crippen LogP contribution in [0.2, 0.25) is 0 Å². The topological polar surface area (TPSA) is 58.0 Å². The van der Waals surface area contributed by atoms with E-state index < -0.39 is 0 Å². The van der Waals surface area contributed by atoms with Crippen LogP contribution in [0.25, 0.3) is 32.0 Å². The predicted molar refractivity (Wildman–Crippen MR) is 149 cm³/mol. The van der Waals surface area contributed by atoms with E-state index in [1.807, 2.05) is 18.3 Å². The maximum absolute atomic E-state index is 5.10. The van der Waals surface area contributed by atoms with E-state index in [0.29, 0.717) is 5.65 Å².